The van der Waals surface area contributed by atoms with E-state index in [1.165, 1.54) is 6.26 Å². The third-order valence-electron chi connectivity index (χ3n) is 3.69. The summed E-state index contributed by atoms with van der Waals surface area (Å²) in [6.07, 6.45) is 1.21. The monoisotopic (exact) mass is 334 g/mol. The van der Waals surface area contributed by atoms with Gasteiger partial charge in [-0.2, -0.15) is 5.10 Å². The summed E-state index contributed by atoms with van der Waals surface area (Å²) >= 11 is 0. The lowest BCUT2D eigenvalue weighted by Crippen LogP contribution is -2.41. The lowest BCUT2D eigenvalue weighted by molar-refractivity contribution is 0.365. The number of halogens is 1. The number of nitrogens with zero attached hydrogens (tertiary/aromatic N) is 3. The average molecular weight is 335 g/mol. The molecule has 2 heterocycles. The van der Waals surface area contributed by atoms with Crippen LogP contribution in [0.1, 0.15) is 19.5 Å². The maximum absolute atomic E-state index is 11.5. The van der Waals surface area contributed by atoms with E-state index >= 15 is 0 Å². The number of aryl methyl sites for hydroxylation is 1. The van der Waals surface area contributed by atoms with Gasteiger partial charge in [-0.25, -0.2) is 13.1 Å². The SMILES string of the molecule is Cc1ccc(N2C[C@H](NS(C)(=O)=O)[C@@H](C(C)C)C2)nn1.Cl. The van der Waals surface area contributed by atoms with Crippen molar-refractivity contribution in [3.63, 3.8) is 0 Å². The number of hydrogen-bond acceptors (Lipinski definition) is 5. The molecular formula is C13H23ClN4O2S. The summed E-state index contributed by atoms with van der Waals surface area (Å²) in [6.45, 7) is 7.56. The number of nitrogens with one attached hydrogen (secondary N) is 1. The van der Waals surface area contributed by atoms with Gasteiger partial charge in [-0.15, -0.1) is 17.5 Å². The molecule has 1 N–H and O–H groups in total. The van der Waals surface area contributed by atoms with Crippen molar-refractivity contribution in [2.45, 2.75) is 26.8 Å². The van der Waals surface area contributed by atoms with Gasteiger partial charge in [0.1, 0.15) is 0 Å². The zero-order chi connectivity index (χ0) is 14.9. The molecule has 1 saturated heterocycles. The second-order valence-corrected chi connectivity index (χ2v) is 7.62. The number of aromatic nitrogens is 2. The van der Waals surface area contributed by atoms with Gasteiger partial charge in [0.15, 0.2) is 5.82 Å². The standard InChI is InChI=1S/C13H22N4O2S.ClH/c1-9(2)11-7-17(8-12(11)16-20(4,18)19)13-6-5-10(3)14-15-13;/h5-6,9,11-12,16H,7-8H2,1-4H3;1H/t11-,12+;/m1./s1. The molecule has 6 nitrogen and oxygen atoms in total. The Labute approximate surface area is 132 Å². The molecule has 0 bridgehead atoms. The van der Waals surface area contributed by atoms with Crippen LogP contribution in [-0.2, 0) is 10.0 Å². The largest absolute Gasteiger partial charge is 0.353 e. The van der Waals surface area contributed by atoms with E-state index in [1.54, 1.807) is 0 Å². The first kappa shape index (κ1) is 18.1. The number of anilines is 1. The fourth-order valence-electron chi connectivity index (χ4n) is 2.65. The molecule has 0 unspecified atom stereocenters. The summed E-state index contributed by atoms with van der Waals surface area (Å²) in [4.78, 5) is 2.10. The minimum absolute atomic E-state index is 0. The first-order valence-corrected chi connectivity index (χ1v) is 8.68. The molecule has 0 saturated carbocycles. The zero-order valence-electron chi connectivity index (χ0n) is 12.8. The lowest BCUT2D eigenvalue weighted by Gasteiger charge is -2.21. The summed E-state index contributed by atoms with van der Waals surface area (Å²) in [5.74, 6) is 1.48. The Bertz CT molecular complexity index is 562. The molecule has 8 heteroatoms. The van der Waals surface area contributed by atoms with Crippen LogP contribution in [0.15, 0.2) is 12.1 Å². The van der Waals surface area contributed by atoms with Crippen LogP contribution in [0.4, 0.5) is 5.82 Å². The fraction of sp³-hybridized carbons (Fsp3) is 0.692. The number of hydrogen-bond donors (Lipinski definition) is 1. The van der Waals surface area contributed by atoms with Crippen LogP contribution in [-0.4, -0.2) is 44.0 Å². The highest BCUT2D eigenvalue weighted by Crippen LogP contribution is 2.27. The molecule has 1 aliphatic rings. The van der Waals surface area contributed by atoms with Crippen LogP contribution in [0.3, 0.4) is 0 Å². The van der Waals surface area contributed by atoms with Crippen molar-refractivity contribution in [3.8, 4) is 0 Å². The molecular weight excluding hydrogens is 312 g/mol. The predicted molar refractivity (Wildman–Crippen MR) is 86.3 cm³/mol. The molecule has 120 valence electrons. The molecule has 1 aromatic heterocycles. The third-order valence-corrected chi connectivity index (χ3v) is 4.43. The maximum atomic E-state index is 11.5. The van der Waals surface area contributed by atoms with Crippen molar-refractivity contribution in [3.05, 3.63) is 17.8 Å². The highest BCUT2D eigenvalue weighted by molar-refractivity contribution is 7.88. The molecule has 0 spiro atoms. The molecule has 21 heavy (non-hydrogen) atoms. The molecule has 2 atom stereocenters. The van der Waals surface area contributed by atoms with Gasteiger partial charge in [0.05, 0.1) is 11.9 Å². The van der Waals surface area contributed by atoms with E-state index in [9.17, 15) is 8.42 Å². The van der Waals surface area contributed by atoms with E-state index in [1.807, 2.05) is 19.1 Å². The van der Waals surface area contributed by atoms with Crippen LogP contribution >= 0.6 is 12.4 Å². The van der Waals surface area contributed by atoms with Crippen LogP contribution in [0.2, 0.25) is 0 Å². The quantitative estimate of drug-likeness (QED) is 0.896. The van der Waals surface area contributed by atoms with Gasteiger partial charge < -0.3 is 4.90 Å². The van der Waals surface area contributed by atoms with Gasteiger partial charge in [-0.1, -0.05) is 13.8 Å². The van der Waals surface area contributed by atoms with E-state index in [2.05, 4.69) is 33.7 Å². The normalized spacial score (nSPS) is 22.4. The Balaban J connectivity index is 0.00000220. The van der Waals surface area contributed by atoms with Gasteiger partial charge >= 0.3 is 0 Å². The Morgan fingerprint density at radius 1 is 1.29 bits per heavy atom. The zero-order valence-corrected chi connectivity index (χ0v) is 14.4. The van der Waals surface area contributed by atoms with Gasteiger partial charge in [0.2, 0.25) is 10.0 Å². The summed E-state index contributed by atoms with van der Waals surface area (Å²) in [5, 5.41) is 8.25. The molecule has 1 fully saturated rings. The lowest BCUT2D eigenvalue weighted by atomic mass is 9.92. The van der Waals surface area contributed by atoms with E-state index in [0.717, 1.165) is 18.1 Å². The molecule has 0 aliphatic carbocycles. The van der Waals surface area contributed by atoms with Crippen molar-refractivity contribution in [2.24, 2.45) is 11.8 Å². The van der Waals surface area contributed by atoms with Crippen LogP contribution < -0.4 is 9.62 Å². The average Bonchev–Trinajstić information content (AvgIpc) is 2.71. The first-order chi connectivity index (χ1) is 9.26. The highest BCUT2D eigenvalue weighted by atomic mass is 35.5. The maximum Gasteiger partial charge on any atom is 0.209 e. The minimum Gasteiger partial charge on any atom is -0.353 e. The second-order valence-electron chi connectivity index (χ2n) is 5.84. The summed E-state index contributed by atoms with van der Waals surface area (Å²) in [6, 6.07) is 3.78. The predicted octanol–water partition coefficient (Wildman–Crippen LogP) is 1.22. The van der Waals surface area contributed by atoms with Crippen LogP contribution in [0, 0.1) is 18.8 Å². The van der Waals surface area contributed by atoms with E-state index in [-0.39, 0.29) is 24.4 Å². The Hall–Kier alpha value is -0.920. The molecule has 0 aromatic carbocycles. The Morgan fingerprint density at radius 3 is 2.43 bits per heavy atom. The van der Waals surface area contributed by atoms with Gasteiger partial charge in [0, 0.05) is 19.1 Å². The third kappa shape index (κ3) is 4.79. The van der Waals surface area contributed by atoms with Crippen LogP contribution in [0.5, 0.6) is 0 Å². The van der Waals surface area contributed by atoms with Crippen molar-refractivity contribution in [1.29, 1.82) is 0 Å². The van der Waals surface area contributed by atoms with Crippen molar-refractivity contribution in [1.82, 2.24) is 14.9 Å². The molecule has 1 aliphatic heterocycles. The Kier molecular flexibility index (Phi) is 5.95. The van der Waals surface area contributed by atoms with Crippen LogP contribution in [0.25, 0.3) is 0 Å². The minimum atomic E-state index is -3.20. The van der Waals surface area contributed by atoms with Gasteiger partial charge in [0.25, 0.3) is 0 Å². The molecule has 0 amide bonds. The fourth-order valence-corrected chi connectivity index (χ4v) is 3.45. The van der Waals surface area contributed by atoms with E-state index in [4.69, 9.17) is 0 Å². The van der Waals surface area contributed by atoms with E-state index in [0.29, 0.717) is 12.5 Å². The number of sulfonamides is 1. The first-order valence-electron chi connectivity index (χ1n) is 6.79. The topological polar surface area (TPSA) is 75.2 Å². The smallest absolute Gasteiger partial charge is 0.209 e. The summed E-state index contributed by atoms with van der Waals surface area (Å²) in [7, 11) is -3.20. The van der Waals surface area contributed by atoms with Gasteiger partial charge in [-0.3, -0.25) is 0 Å². The molecule has 1 aromatic rings. The van der Waals surface area contributed by atoms with Crippen molar-refractivity contribution in [2.75, 3.05) is 24.2 Å². The summed E-state index contributed by atoms with van der Waals surface area (Å²) in [5.41, 5.74) is 0.874. The number of rotatable bonds is 4. The second kappa shape index (κ2) is 6.89. The van der Waals surface area contributed by atoms with E-state index < -0.39 is 10.0 Å². The van der Waals surface area contributed by atoms with Crippen molar-refractivity contribution < 1.29 is 8.42 Å². The Morgan fingerprint density at radius 2 is 1.95 bits per heavy atom. The molecule has 2 rings (SSSR count). The summed E-state index contributed by atoms with van der Waals surface area (Å²) < 4.78 is 25.7. The highest BCUT2D eigenvalue weighted by Gasteiger charge is 2.36. The molecule has 0 radical (unpaired) electrons. The van der Waals surface area contributed by atoms with Crippen molar-refractivity contribution >= 4 is 28.2 Å². The van der Waals surface area contributed by atoms with Gasteiger partial charge in [-0.05, 0) is 30.9 Å².